The number of nitro benzene ring substituents is 1. The third-order valence-corrected chi connectivity index (χ3v) is 6.64. The fourth-order valence-corrected chi connectivity index (χ4v) is 4.77. The summed E-state index contributed by atoms with van der Waals surface area (Å²) in [5.74, 6) is -0.436. The van der Waals surface area contributed by atoms with Crippen LogP contribution in [0.4, 0.5) is 15.8 Å². The van der Waals surface area contributed by atoms with Gasteiger partial charge in [0.25, 0.3) is 0 Å². The maximum atomic E-state index is 14.2. The first-order valence-electron chi connectivity index (χ1n) is 12.4. The number of nitrogens with zero attached hydrogens (tertiary/aromatic N) is 3. The number of nitrogens with one attached hydrogen (secondary N) is 2. The van der Waals surface area contributed by atoms with Crippen molar-refractivity contribution in [3.8, 4) is 0 Å². The summed E-state index contributed by atoms with van der Waals surface area (Å²) < 4.78 is 16.4. The largest absolute Gasteiger partial charge is 0.398 e. The standard InChI is InChI=1S/C29H31FN6O2/c1-5-20(24(32)11-12-31)27(22-16-35-13-7-9-19-8-6-10-21(22)28(19)35)34-29(17(2)3)33-25-15-26(36(37)38)23(30)14-18(25)4/h5-6,8,10-12,14-16,31,33H,7,9,13,32H2,1-4H3/b20-5-,24-11-,31-12?,34-27?. The molecule has 0 bridgehead atoms. The molecule has 8 nitrogen and oxygen atoms in total. The quantitative estimate of drug-likeness (QED) is 0.137. The number of aryl methyl sites for hydroxylation is 3. The number of aromatic nitrogens is 1. The van der Waals surface area contributed by atoms with Crippen LogP contribution in [0.25, 0.3) is 10.9 Å². The van der Waals surface area contributed by atoms with Crippen molar-refractivity contribution in [2.24, 2.45) is 10.7 Å². The van der Waals surface area contributed by atoms with Gasteiger partial charge in [0.2, 0.25) is 5.82 Å². The van der Waals surface area contributed by atoms with Crippen molar-refractivity contribution in [2.75, 3.05) is 5.32 Å². The monoisotopic (exact) mass is 514 g/mol. The number of anilines is 1. The maximum absolute atomic E-state index is 14.2. The molecule has 0 aliphatic carbocycles. The summed E-state index contributed by atoms with van der Waals surface area (Å²) in [6.45, 7) is 8.18. The molecule has 0 unspecified atom stereocenters. The molecule has 0 saturated carbocycles. The van der Waals surface area contributed by atoms with E-state index in [9.17, 15) is 14.5 Å². The van der Waals surface area contributed by atoms with E-state index in [1.54, 1.807) is 6.92 Å². The molecule has 38 heavy (non-hydrogen) atoms. The number of halogens is 1. The number of allylic oxidation sites excluding steroid dienone is 4. The minimum Gasteiger partial charge on any atom is -0.398 e. The zero-order chi connectivity index (χ0) is 27.6. The predicted molar refractivity (Wildman–Crippen MR) is 151 cm³/mol. The van der Waals surface area contributed by atoms with Crippen LogP contribution in [0.2, 0.25) is 0 Å². The third kappa shape index (κ3) is 5.00. The lowest BCUT2D eigenvalue weighted by Gasteiger charge is -2.16. The highest BCUT2D eigenvalue weighted by atomic mass is 19.1. The molecular formula is C29H31FN6O2. The first kappa shape index (κ1) is 26.5. The van der Waals surface area contributed by atoms with Crippen LogP contribution in [-0.4, -0.2) is 21.4 Å². The number of aliphatic imine (C=N–C) groups is 1. The Hall–Kier alpha value is -4.53. The molecule has 4 N–H and O–H groups in total. The Balaban J connectivity index is 1.95. The summed E-state index contributed by atoms with van der Waals surface area (Å²) >= 11 is 0. The Kier molecular flexibility index (Phi) is 7.57. The van der Waals surface area contributed by atoms with Gasteiger partial charge in [0.15, 0.2) is 0 Å². The van der Waals surface area contributed by atoms with Crippen molar-refractivity contribution in [1.82, 2.24) is 4.57 Å². The van der Waals surface area contributed by atoms with Crippen molar-refractivity contribution < 1.29 is 9.31 Å². The van der Waals surface area contributed by atoms with E-state index in [-0.39, 0.29) is 0 Å². The first-order chi connectivity index (χ1) is 18.2. The Bertz CT molecular complexity index is 1570. The van der Waals surface area contributed by atoms with Crippen molar-refractivity contribution >= 4 is 34.2 Å². The van der Waals surface area contributed by atoms with Crippen LogP contribution in [0.5, 0.6) is 0 Å². The molecule has 1 aliphatic heterocycles. The average Bonchev–Trinajstić information content (AvgIpc) is 3.24. The second-order valence-corrected chi connectivity index (χ2v) is 9.45. The molecule has 2 heterocycles. The van der Waals surface area contributed by atoms with Gasteiger partial charge < -0.3 is 21.0 Å². The van der Waals surface area contributed by atoms with Gasteiger partial charge in [0.05, 0.1) is 16.2 Å². The summed E-state index contributed by atoms with van der Waals surface area (Å²) in [5.41, 5.74) is 12.5. The zero-order valence-electron chi connectivity index (χ0n) is 21.9. The van der Waals surface area contributed by atoms with E-state index < -0.39 is 16.4 Å². The van der Waals surface area contributed by atoms with Gasteiger partial charge in [-0.25, -0.2) is 4.99 Å². The highest BCUT2D eigenvalue weighted by Gasteiger charge is 2.23. The van der Waals surface area contributed by atoms with Gasteiger partial charge in [-0.3, -0.25) is 10.1 Å². The smallest absolute Gasteiger partial charge is 0.306 e. The van der Waals surface area contributed by atoms with Crippen LogP contribution in [-0.2, 0) is 13.0 Å². The molecular weight excluding hydrogens is 483 g/mol. The van der Waals surface area contributed by atoms with Gasteiger partial charge in [-0.2, -0.15) is 4.39 Å². The number of nitro groups is 1. The van der Waals surface area contributed by atoms with Gasteiger partial charge in [-0.05, 0) is 69.4 Å². The van der Waals surface area contributed by atoms with Crippen LogP contribution < -0.4 is 11.1 Å². The van der Waals surface area contributed by atoms with Gasteiger partial charge in [-0.15, -0.1) is 0 Å². The van der Waals surface area contributed by atoms with Gasteiger partial charge in [0, 0.05) is 52.9 Å². The lowest BCUT2D eigenvalue weighted by atomic mass is 9.96. The van der Waals surface area contributed by atoms with Gasteiger partial charge >= 0.3 is 5.69 Å². The fraction of sp³-hybridized carbons (Fsp3) is 0.241. The summed E-state index contributed by atoms with van der Waals surface area (Å²) in [7, 11) is 0. The topological polar surface area (TPSA) is 122 Å². The number of hydrogen-bond acceptors (Lipinski definition) is 6. The van der Waals surface area contributed by atoms with Crippen molar-refractivity contribution in [1.29, 1.82) is 5.41 Å². The number of nitrogens with two attached hydrogens (primary N) is 1. The normalized spacial score (nSPS) is 14.0. The Morgan fingerprint density at radius 1 is 1.32 bits per heavy atom. The molecule has 4 rings (SSSR count). The molecule has 0 spiro atoms. The molecule has 3 aromatic rings. The van der Waals surface area contributed by atoms with E-state index >= 15 is 0 Å². The number of rotatable bonds is 8. The second-order valence-electron chi connectivity index (χ2n) is 9.45. The van der Waals surface area contributed by atoms with E-state index in [4.69, 9.17) is 16.1 Å². The summed E-state index contributed by atoms with van der Waals surface area (Å²) in [6.07, 6.45) is 8.64. The predicted octanol–water partition coefficient (Wildman–Crippen LogP) is 6.53. The summed E-state index contributed by atoms with van der Waals surface area (Å²) in [5, 5.41) is 23.2. The fourth-order valence-electron chi connectivity index (χ4n) is 4.77. The molecule has 0 radical (unpaired) electrons. The molecule has 2 aromatic carbocycles. The van der Waals surface area contributed by atoms with E-state index in [2.05, 4.69) is 28.2 Å². The van der Waals surface area contributed by atoms with Crippen molar-refractivity contribution in [3.63, 3.8) is 0 Å². The van der Waals surface area contributed by atoms with E-state index in [1.807, 2.05) is 32.9 Å². The van der Waals surface area contributed by atoms with Crippen LogP contribution in [0.3, 0.4) is 0 Å². The van der Waals surface area contributed by atoms with Crippen molar-refractivity contribution in [3.05, 3.63) is 104 Å². The second kappa shape index (κ2) is 10.8. The van der Waals surface area contributed by atoms with Crippen molar-refractivity contribution in [2.45, 2.75) is 47.1 Å². The van der Waals surface area contributed by atoms with Crippen LogP contribution in [0.1, 0.15) is 43.9 Å². The first-order valence-corrected chi connectivity index (χ1v) is 12.4. The minimum atomic E-state index is -0.893. The molecule has 0 atom stereocenters. The Labute approximate surface area is 220 Å². The molecule has 196 valence electrons. The van der Waals surface area contributed by atoms with E-state index in [0.717, 1.165) is 48.2 Å². The number of hydrogen-bond donors (Lipinski definition) is 3. The molecule has 1 aromatic heterocycles. The van der Waals surface area contributed by atoms with Gasteiger partial charge in [0.1, 0.15) is 5.82 Å². The molecule has 1 aliphatic rings. The van der Waals surface area contributed by atoms with E-state index in [1.165, 1.54) is 23.2 Å². The number of para-hydroxylation sites is 1. The highest BCUT2D eigenvalue weighted by molar-refractivity contribution is 6.22. The van der Waals surface area contributed by atoms with Crippen LogP contribution >= 0.6 is 0 Å². The van der Waals surface area contributed by atoms with Gasteiger partial charge in [-0.1, -0.05) is 24.3 Å². The lowest BCUT2D eigenvalue weighted by Crippen LogP contribution is -2.15. The maximum Gasteiger partial charge on any atom is 0.306 e. The van der Waals surface area contributed by atoms with Crippen LogP contribution in [0, 0.1) is 28.3 Å². The average molecular weight is 515 g/mol. The summed E-state index contributed by atoms with van der Waals surface area (Å²) in [4.78, 5) is 15.7. The van der Waals surface area contributed by atoms with E-state index in [0.29, 0.717) is 34.1 Å². The Morgan fingerprint density at radius 2 is 2.08 bits per heavy atom. The Morgan fingerprint density at radius 3 is 2.74 bits per heavy atom. The SMILES string of the molecule is C/C=C(C(=NC(Nc1cc([N+](=O)[O-])c(F)cc1C)=C(C)C)c1cn2c3c(cccc13)CCC2)/C(N)=C/C=N. The van der Waals surface area contributed by atoms with Crippen LogP contribution in [0.15, 0.2) is 76.3 Å². The number of benzene rings is 2. The highest BCUT2D eigenvalue weighted by Crippen LogP contribution is 2.33. The third-order valence-electron chi connectivity index (χ3n) is 6.64. The molecule has 0 saturated heterocycles. The zero-order valence-corrected chi connectivity index (χ0v) is 21.9. The molecule has 9 heteroatoms. The molecule has 0 amide bonds. The summed E-state index contributed by atoms with van der Waals surface area (Å²) in [6, 6.07) is 8.58. The molecule has 0 fully saturated rings. The lowest BCUT2D eigenvalue weighted by molar-refractivity contribution is -0.387. The minimum absolute atomic E-state index is 0.380.